The molecule has 1 aliphatic heterocycles. The van der Waals surface area contributed by atoms with Crippen molar-refractivity contribution < 1.29 is 19.5 Å². The Morgan fingerprint density at radius 1 is 1.35 bits per heavy atom. The van der Waals surface area contributed by atoms with Crippen LogP contribution in [0, 0.1) is 11.8 Å². The van der Waals surface area contributed by atoms with E-state index in [0.717, 1.165) is 6.42 Å². The van der Waals surface area contributed by atoms with Gasteiger partial charge in [-0.2, -0.15) is 0 Å². The van der Waals surface area contributed by atoms with E-state index in [9.17, 15) is 14.4 Å². The fourth-order valence-electron chi connectivity index (χ4n) is 2.23. The largest absolute Gasteiger partial charge is 0.480 e. The first kappa shape index (κ1) is 16.3. The molecule has 0 aromatic heterocycles. The van der Waals surface area contributed by atoms with E-state index in [0.29, 0.717) is 24.9 Å². The lowest BCUT2D eigenvalue weighted by molar-refractivity contribution is -0.139. The van der Waals surface area contributed by atoms with Gasteiger partial charge in [0.15, 0.2) is 0 Å². The molecule has 0 radical (unpaired) electrons. The Balaban J connectivity index is 2.53. The average Bonchev–Trinajstić information content (AvgIpc) is 2.36. The zero-order valence-corrected chi connectivity index (χ0v) is 12.0. The summed E-state index contributed by atoms with van der Waals surface area (Å²) in [6, 6.07) is -1.47. The average molecular weight is 285 g/mol. The van der Waals surface area contributed by atoms with Crippen molar-refractivity contribution in [1.82, 2.24) is 10.2 Å². The third-order valence-corrected chi connectivity index (χ3v) is 3.90. The third kappa shape index (κ3) is 4.71. The van der Waals surface area contributed by atoms with Crippen molar-refractivity contribution in [3.05, 3.63) is 0 Å². The molecule has 4 N–H and O–H groups in total. The first-order valence-electron chi connectivity index (χ1n) is 6.87. The molecule has 7 nitrogen and oxygen atoms in total. The van der Waals surface area contributed by atoms with Gasteiger partial charge in [0.25, 0.3) is 0 Å². The summed E-state index contributed by atoms with van der Waals surface area (Å²) in [5, 5.41) is 11.5. The minimum absolute atomic E-state index is 0.0101. The highest BCUT2D eigenvalue weighted by Gasteiger charge is 2.28. The number of amides is 3. The van der Waals surface area contributed by atoms with Crippen LogP contribution in [0.25, 0.3) is 0 Å². The molecule has 3 atom stereocenters. The molecule has 0 aromatic rings. The van der Waals surface area contributed by atoms with Gasteiger partial charge in [-0.05, 0) is 24.7 Å². The van der Waals surface area contributed by atoms with Gasteiger partial charge >= 0.3 is 12.0 Å². The van der Waals surface area contributed by atoms with E-state index in [4.69, 9.17) is 10.8 Å². The number of carboxylic acid groups (broad SMARTS) is 1. The Morgan fingerprint density at radius 2 is 2.00 bits per heavy atom. The molecule has 3 amide bonds. The monoisotopic (exact) mass is 285 g/mol. The lowest BCUT2D eigenvalue weighted by Gasteiger charge is -2.35. The highest BCUT2D eigenvalue weighted by atomic mass is 16.4. The highest BCUT2D eigenvalue weighted by Crippen LogP contribution is 2.22. The topological polar surface area (TPSA) is 113 Å². The molecule has 2 unspecified atom stereocenters. The Kier molecular flexibility index (Phi) is 5.79. The summed E-state index contributed by atoms with van der Waals surface area (Å²) in [4.78, 5) is 35.4. The molecular formula is C13H23N3O4. The van der Waals surface area contributed by atoms with Gasteiger partial charge in [-0.15, -0.1) is 0 Å². The van der Waals surface area contributed by atoms with Crippen molar-refractivity contribution in [2.24, 2.45) is 17.6 Å². The second-order valence-corrected chi connectivity index (χ2v) is 5.53. The lowest BCUT2D eigenvalue weighted by atomic mass is 9.89. The second kappa shape index (κ2) is 7.12. The van der Waals surface area contributed by atoms with Crippen LogP contribution >= 0.6 is 0 Å². The summed E-state index contributed by atoms with van der Waals surface area (Å²) in [5.74, 6) is -0.781. The molecule has 1 heterocycles. The Bertz CT molecular complexity index is 386. The van der Waals surface area contributed by atoms with Gasteiger partial charge in [0.2, 0.25) is 5.91 Å². The molecule has 7 heteroatoms. The molecule has 1 saturated heterocycles. The molecule has 0 aliphatic carbocycles. The second-order valence-electron chi connectivity index (χ2n) is 5.53. The van der Waals surface area contributed by atoms with Crippen molar-refractivity contribution in [3.63, 3.8) is 0 Å². The van der Waals surface area contributed by atoms with Crippen LogP contribution in [0.4, 0.5) is 4.79 Å². The summed E-state index contributed by atoms with van der Waals surface area (Å²) in [7, 11) is 0. The minimum Gasteiger partial charge on any atom is -0.480 e. The minimum atomic E-state index is -1.15. The van der Waals surface area contributed by atoms with E-state index in [1.54, 1.807) is 4.90 Å². The molecule has 0 saturated carbocycles. The number of aliphatic carboxylic acids is 1. The van der Waals surface area contributed by atoms with Gasteiger partial charge in [-0.1, -0.05) is 13.8 Å². The molecule has 114 valence electrons. The Hall–Kier alpha value is -1.79. The van der Waals surface area contributed by atoms with Crippen LogP contribution in [-0.4, -0.2) is 47.0 Å². The number of likely N-dealkylation sites (tertiary alicyclic amines) is 1. The van der Waals surface area contributed by atoms with Gasteiger partial charge in [-0.25, -0.2) is 9.59 Å². The van der Waals surface area contributed by atoms with E-state index in [1.807, 2.05) is 0 Å². The van der Waals surface area contributed by atoms with Crippen LogP contribution in [0.5, 0.6) is 0 Å². The Morgan fingerprint density at radius 3 is 2.50 bits per heavy atom. The van der Waals surface area contributed by atoms with Gasteiger partial charge in [0.05, 0.1) is 0 Å². The molecule has 1 fully saturated rings. The zero-order chi connectivity index (χ0) is 15.3. The van der Waals surface area contributed by atoms with Crippen LogP contribution < -0.4 is 11.1 Å². The molecule has 1 rings (SSSR count). The number of nitrogens with one attached hydrogen (secondary N) is 1. The first-order chi connectivity index (χ1) is 9.31. The normalized spacial score (nSPS) is 24.0. The smallest absolute Gasteiger partial charge is 0.326 e. The van der Waals surface area contributed by atoms with Crippen LogP contribution in [0.3, 0.4) is 0 Å². The van der Waals surface area contributed by atoms with E-state index in [-0.39, 0.29) is 18.9 Å². The van der Waals surface area contributed by atoms with Gasteiger partial charge in [0.1, 0.15) is 6.04 Å². The molecule has 0 spiro atoms. The van der Waals surface area contributed by atoms with Crippen LogP contribution in [0.2, 0.25) is 0 Å². The number of primary amides is 1. The number of rotatable bonds is 5. The van der Waals surface area contributed by atoms with Crippen molar-refractivity contribution in [2.45, 2.75) is 39.2 Å². The van der Waals surface area contributed by atoms with E-state index in [2.05, 4.69) is 19.2 Å². The number of piperidine rings is 1. The maximum absolute atomic E-state index is 12.0. The molecule has 1 aliphatic rings. The van der Waals surface area contributed by atoms with Crippen LogP contribution in [0.1, 0.15) is 33.1 Å². The van der Waals surface area contributed by atoms with Gasteiger partial charge in [0, 0.05) is 19.5 Å². The predicted molar refractivity (Wildman–Crippen MR) is 72.9 cm³/mol. The lowest BCUT2D eigenvalue weighted by Crippen LogP contribution is -2.51. The summed E-state index contributed by atoms with van der Waals surface area (Å²) >= 11 is 0. The highest BCUT2D eigenvalue weighted by molar-refractivity contribution is 5.83. The standard InChI is InChI=1S/C13H23N3O4/c1-8-5-6-16(7-9(8)2)13(20)15-10(12(18)19)3-4-11(14)17/h8-10H,3-7H2,1-2H3,(H2,14,17)(H,15,20)(H,18,19)/t8?,9?,10-/m1/s1. The summed E-state index contributed by atoms with van der Waals surface area (Å²) in [6.45, 7) is 5.47. The third-order valence-electron chi connectivity index (χ3n) is 3.90. The molecule has 0 aromatic carbocycles. The van der Waals surface area contributed by atoms with Gasteiger partial charge in [-0.3, -0.25) is 4.79 Å². The summed E-state index contributed by atoms with van der Waals surface area (Å²) < 4.78 is 0. The van der Waals surface area contributed by atoms with Gasteiger partial charge < -0.3 is 21.1 Å². The number of nitrogens with two attached hydrogens (primary N) is 1. The maximum Gasteiger partial charge on any atom is 0.326 e. The summed E-state index contributed by atoms with van der Waals surface area (Å²) in [5.41, 5.74) is 4.99. The zero-order valence-electron chi connectivity index (χ0n) is 12.0. The number of nitrogens with zero attached hydrogens (tertiary/aromatic N) is 1. The quantitative estimate of drug-likeness (QED) is 0.678. The first-order valence-corrected chi connectivity index (χ1v) is 6.87. The van der Waals surface area contributed by atoms with Crippen molar-refractivity contribution in [2.75, 3.05) is 13.1 Å². The fraction of sp³-hybridized carbons (Fsp3) is 0.769. The van der Waals surface area contributed by atoms with E-state index in [1.165, 1.54) is 0 Å². The molecular weight excluding hydrogens is 262 g/mol. The number of carbonyl (C=O) groups is 3. The van der Waals surface area contributed by atoms with Crippen molar-refractivity contribution in [3.8, 4) is 0 Å². The molecule has 0 bridgehead atoms. The summed E-state index contributed by atoms with van der Waals surface area (Å²) in [6.07, 6.45) is 0.856. The molecule has 20 heavy (non-hydrogen) atoms. The number of urea groups is 1. The van der Waals surface area contributed by atoms with Crippen molar-refractivity contribution in [1.29, 1.82) is 0 Å². The fourth-order valence-corrected chi connectivity index (χ4v) is 2.23. The van der Waals surface area contributed by atoms with E-state index < -0.39 is 17.9 Å². The van der Waals surface area contributed by atoms with Crippen LogP contribution in [-0.2, 0) is 9.59 Å². The maximum atomic E-state index is 12.0. The van der Waals surface area contributed by atoms with Crippen LogP contribution in [0.15, 0.2) is 0 Å². The van der Waals surface area contributed by atoms with E-state index >= 15 is 0 Å². The number of hydrogen-bond acceptors (Lipinski definition) is 3. The number of carboxylic acids is 1. The van der Waals surface area contributed by atoms with Crippen molar-refractivity contribution >= 4 is 17.9 Å². The number of carbonyl (C=O) groups excluding carboxylic acids is 2. The predicted octanol–water partition coefficient (Wildman–Crippen LogP) is 0.393. The number of hydrogen-bond donors (Lipinski definition) is 3. The SMILES string of the molecule is CC1CCN(C(=O)N[C@H](CCC(N)=O)C(=O)O)CC1C. The Labute approximate surface area is 118 Å².